The Labute approximate surface area is 106 Å². The number of nitrogen functional groups attached to an aromatic ring is 1. The Balaban J connectivity index is 1.89. The molecule has 0 saturated heterocycles. The lowest BCUT2D eigenvalue weighted by atomic mass is 10.2. The molecule has 0 radical (unpaired) electrons. The summed E-state index contributed by atoms with van der Waals surface area (Å²) < 4.78 is 1.84. The van der Waals surface area contributed by atoms with Crippen molar-refractivity contribution in [3.63, 3.8) is 0 Å². The molecule has 0 spiro atoms. The number of nitrogens with two attached hydrogens (primary N) is 1. The molecule has 1 aliphatic carbocycles. The van der Waals surface area contributed by atoms with Crippen LogP contribution in [0.1, 0.15) is 24.6 Å². The van der Waals surface area contributed by atoms with Gasteiger partial charge < -0.3 is 5.73 Å². The van der Waals surface area contributed by atoms with Crippen molar-refractivity contribution in [1.29, 1.82) is 0 Å². The molecule has 3 aromatic rings. The van der Waals surface area contributed by atoms with E-state index in [0.29, 0.717) is 11.6 Å². The summed E-state index contributed by atoms with van der Waals surface area (Å²) in [6.07, 6.45) is 5.73. The van der Waals surface area contributed by atoms with Crippen LogP contribution in [0.25, 0.3) is 15.5 Å². The van der Waals surface area contributed by atoms with Crippen LogP contribution in [0.2, 0.25) is 0 Å². The van der Waals surface area contributed by atoms with Crippen molar-refractivity contribution in [2.24, 2.45) is 0 Å². The second-order valence-electron chi connectivity index (χ2n) is 4.40. The van der Waals surface area contributed by atoms with Crippen LogP contribution in [0.3, 0.4) is 0 Å². The van der Waals surface area contributed by atoms with Crippen LogP contribution in [0.5, 0.6) is 0 Å². The van der Waals surface area contributed by atoms with Crippen LogP contribution < -0.4 is 5.73 Å². The molecule has 1 fully saturated rings. The second kappa shape index (κ2) is 3.49. The quantitative estimate of drug-likeness (QED) is 0.756. The van der Waals surface area contributed by atoms with E-state index < -0.39 is 0 Å². The molecule has 90 valence electrons. The monoisotopic (exact) mass is 258 g/mol. The molecular weight excluding hydrogens is 248 g/mol. The van der Waals surface area contributed by atoms with Gasteiger partial charge >= 0.3 is 0 Å². The number of anilines is 1. The van der Waals surface area contributed by atoms with E-state index in [0.717, 1.165) is 21.4 Å². The Hall–Kier alpha value is -2.02. The highest BCUT2D eigenvalue weighted by Crippen LogP contribution is 2.40. The molecular formula is C11H10N6S. The lowest BCUT2D eigenvalue weighted by Gasteiger charge is -1.98. The van der Waals surface area contributed by atoms with Crippen molar-refractivity contribution in [1.82, 2.24) is 24.8 Å². The summed E-state index contributed by atoms with van der Waals surface area (Å²) >= 11 is 1.50. The molecule has 2 N–H and O–H groups in total. The lowest BCUT2D eigenvalue weighted by Crippen LogP contribution is -1.95. The van der Waals surface area contributed by atoms with Gasteiger partial charge in [-0.15, -0.1) is 10.2 Å². The van der Waals surface area contributed by atoms with Gasteiger partial charge in [0.25, 0.3) is 0 Å². The van der Waals surface area contributed by atoms with Gasteiger partial charge in [-0.2, -0.15) is 9.61 Å². The molecule has 0 aliphatic heterocycles. The summed E-state index contributed by atoms with van der Waals surface area (Å²) in [5, 5.41) is 13.8. The summed E-state index contributed by atoms with van der Waals surface area (Å²) in [6.45, 7) is 0. The summed E-state index contributed by atoms with van der Waals surface area (Å²) in [5.41, 5.74) is 7.45. The Bertz CT molecular complexity index is 726. The average molecular weight is 258 g/mol. The van der Waals surface area contributed by atoms with Crippen molar-refractivity contribution >= 4 is 22.0 Å². The first-order valence-corrected chi connectivity index (χ1v) is 6.56. The van der Waals surface area contributed by atoms with Gasteiger partial charge in [-0.1, -0.05) is 11.3 Å². The van der Waals surface area contributed by atoms with E-state index in [2.05, 4.69) is 20.3 Å². The zero-order chi connectivity index (χ0) is 12.1. The number of fused-ring (bicyclic) bond motifs is 1. The number of hydrogen-bond donors (Lipinski definition) is 1. The zero-order valence-electron chi connectivity index (χ0n) is 9.45. The van der Waals surface area contributed by atoms with Gasteiger partial charge in [0.05, 0.1) is 11.9 Å². The summed E-state index contributed by atoms with van der Waals surface area (Å²) in [4.78, 5) is 4.81. The van der Waals surface area contributed by atoms with E-state index in [9.17, 15) is 0 Å². The van der Waals surface area contributed by atoms with Gasteiger partial charge in [-0.25, -0.2) is 0 Å². The number of hydrogen-bond acceptors (Lipinski definition) is 6. The standard InChI is InChI=1S/C11H10N6S/c12-8-5-13-4-3-7(8)10-16-17-9(6-1-2-6)14-15-11(17)18-10/h3-6H,1-2,12H2. The second-order valence-corrected chi connectivity index (χ2v) is 5.35. The lowest BCUT2D eigenvalue weighted by molar-refractivity contribution is 0.828. The Morgan fingerprint density at radius 2 is 2.22 bits per heavy atom. The maximum Gasteiger partial charge on any atom is 0.234 e. The number of aromatic nitrogens is 5. The van der Waals surface area contributed by atoms with Gasteiger partial charge in [0.15, 0.2) is 5.82 Å². The smallest absolute Gasteiger partial charge is 0.234 e. The maximum absolute atomic E-state index is 5.91. The zero-order valence-corrected chi connectivity index (χ0v) is 10.3. The molecule has 0 atom stereocenters. The average Bonchev–Trinajstić information content (AvgIpc) is 3.00. The van der Waals surface area contributed by atoms with Crippen molar-refractivity contribution in [2.75, 3.05) is 5.73 Å². The van der Waals surface area contributed by atoms with Gasteiger partial charge in [0, 0.05) is 17.7 Å². The fourth-order valence-electron chi connectivity index (χ4n) is 1.94. The first-order valence-electron chi connectivity index (χ1n) is 5.75. The molecule has 0 bridgehead atoms. The van der Waals surface area contributed by atoms with E-state index in [1.54, 1.807) is 12.4 Å². The Kier molecular flexibility index (Phi) is 1.93. The number of pyridine rings is 1. The van der Waals surface area contributed by atoms with Gasteiger partial charge in [0.2, 0.25) is 4.96 Å². The van der Waals surface area contributed by atoms with Crippen LogP contribution in [-0.4, -0.2) is 24.8 Å². The Morgan fingerprint density at radius 3 is 3.00 bits per heavy atom. The molecule has 0 unspecified atom stereocenters. The predicted octanol–water partition coefficient (Wildman–Crippen LogP) is 1.71. The van der Waals surface area contributed by atoms with E-state index >= 15 is 0 Å². The van der Waals surface area contributed by atoms with Gasteiger partial charge in [-0.05, 0) is 18.9 Å². The molecule has 1 saturated carbocycles. The van der Waals surface area contributed by atoms with Crippen molar-refractivity contribution in [3.05, 3.63) is 24.3 Å². The normalized spacial score (nSPS) is 15.3. The van der Waals surface area contributed by atoms with Crippen molar-refractivity contribution in [3.8, 4) is 10.6 Å². The summed E-state index contributed by atoms with van der Waals surface area (Å²) in [5.74, 6) is 1.50. The highest BCUT2D eigenvalue weighted by Gasteiger charge is 2.30. The molecule has 6 nitrogen and oxygen atoms in total. The first-order chi connectivity index (χ1) is 8.83. The minimum absolute atomic E-state index is 0.532. The topological polar surface area (TPSA) is 82.0 Å². The first kappa shape index (κ1) is 9.95. The van der Waals surface area contributed by atoms with Crippen LogP contribution >= 0.6 is 11.3 Å². The molecule has 18 heavy (non-hydrogen) atoms. The third-order valence-electron chi connectivity index (χ3n) is 3.04. The third kappa shape index (κ3) is 1.40. The van der Waals surface area contributed by atoms with E-state index in [4.69, 9.17) is 5.73 Å². The van der Waals surface area contributed by atoms with E-state index in [-0.39, 0.29) is 0 Å². The van der Waals surface area contributed by atoms with Crippen molar-refractivity contribution < 1.29 is 0 Å². The fourth-order valence-corrected chi connectivity index (χ4v) is 2.83. The van der Waals surface area contributed by atoms with Crippen LogP contribution in [0, 0.1) is 0 Å². The highest BCUT2D eigenvalue weighted by molar-refractivity contribution is 7.19. The summed E-state index contributed by atoms with van der Waals surface area (Å²) in [7, 11) is 0. The minimum atomic E-state index is 0.532. The third-order valence-corrected chi connectivity index (χ3v) is 3.97. The van der Waals surface area contributed by atoms with Crippen LogP contribution in [-0.2, 0) is 0 Å². The molecule has 3 aromatic heterocycles. The number of nitrogens with zero attached hydrogens (tertiary/aromatic N) is 5. The van der Waals surface area contributed by atoms with Gasteiger partial charge in [0.1, 0.15) is 5.01 Å². The Morgan fingerprint density at radius 1 is 1.33 bits per heavy atom. The molecule has 0 aromatic carbocycles. The summed E-state index contributed by atoms with van der Waals surface area (Å²) in [6, 6.07) is 1.87. The molecule has 0 amide bonds. The molecule has 3 heterocycles. The van der Waals surface area contributed by atoms with E-state index in [1.165, 1.54) is 24.2 Å². The van der Waals surface area contributed by atoms with Crippen LogP contribution in [0.4, 0.5) is 5.69 Å². The van der Waals surface area contributed by atoms with Crippen LogP contribution in [0.15, 0.2) is 18.5 Å². The van der Waals surface area contributed by atoms with Gasteiger partial charge in [-0.3, -0.25) is 4.98 Å². The minimum Gasteiger partial charge on any atom is -0.397 e. The molecule has 4 rings (SSSR count). The molecule has 1 aliphatic rings. The number of rotatable bonds is 2. The van der Waals surface area contributed by atoms with E-state index in [1.807, 2.05) is 10.6 Å². The molecule has 7 heteroatoms. The maximum atomic E-state index is 5.91. The largest absolute Gasteiger partial charge is 0.397 e. The van der Waals surface area contributed by atoms with Crippen molar-refractivity contribution in [2.45, 2.75) is 18.8 Å². The fraction of sp³-hybridized carbons (Fsp3) is 0.273. The SMILES string of the molecule is Nc1cnccc1-c1nn2c(C3CC3)nnc2s1. The predicted molar refractivity (Wildman–Crippen MR) is 68.3 cm³/mol. The highest BCUT2D eigenvalue weighted by atomic mass is 32.1.